The van der Waals surface area contributed by atoms with Crippen LogP contribution in [-0.4, -0.2) is 77.0 Å². The normalized spacial score (nSPS) is 16.4. The van der Waals surface area contributed by atoms with Crippen molar-refractivity contribution >= 4 is 22.9 Å². The number of nitrogens with zero attached hydrogens (tertiary/aromatic N) is 2. The highest BCUT2D eigenvalue weighted by Gasteiger charge is 2.28. The summed E-state index contributed by atoms with van der Waals surface area (Å²) in [5.41, 5.74) is 0. The van der Waals surface area contributed by atoms with Gasteiger partial charge in [0.1, 0.15) is 0 Å². The van der Waals surface area contributed by atoms with Crippen LogP contribution >= 0.6 is 0 Å². The van der Waals surface area contributed by atoms with E-state index in [4.69, 9.17) is 9.47 Å². The van der Waals surface area contributed by atoms with Crippen molar-refractivity contribution in [3.05, 3.63) is 0 Å². The molecule has 0 aromatic heterocycles. The highest BCUT2D eigenvalue weighted by molar-refractivity contribution is 7.82. The first kappa shape index (κ1) is 63.0. The smallest absolute Gasteiger partial charge is 0.305 e. The number of carbonyl (C=O) groups is 2. The van der Waals surface area contributed by atoms with Crippen LogP contribution in [0.5, 0.6) is 0 Å². The first-order valence-corrected chi connectivity index (χ1v) is 30.7. The Morgan fingerprint density at radius 1 is 0.515 bits per heavy atom. The molecule has 1 saturated heterocycles. The maximum Gasteiger partial charge on any atom is 0.305 e. The fraction of sp³-hybridized carbons (Fsp3) is 0.966. The van der Waals surface area contributed by atoms with Gasteiger partial charge in [0, 0.05) is 37.7 Å². The van der Waals surface area contributed by atoms with Crippen molar-refractivity contribution in [2.24, 2.45) is 17.8 Å². The predicted octanol–water partition coefficient (Wildman–Crippen LogP) is 16.9. The first-order chi connectivity index (χ1) is 32.3. The average Bonchev–Trinajstić information content (AvgIpc) is 3.31. The summed E-state index contributed by atoms with van der Waals surface area (Å²) in [7, 11) is 1.32. The van der Waals surface area contributed by atoms with Gasteiger partial charge in [-0.1, -0.05) is 208 Å². The summed E-state index contributed by atoms with van der Waals surface area (Å²) in [6.45, 7) is 15.8. The maximum absolute atomic E-state index is 14.3. The molecule has 0 amide bonds. The summed E-state index contributed by atoms with van der Waals surface area (Å²) < 4.78 is 28.4. The van der Waals surface area contributed by atoms with Gasteiger partial charge in [-0.3, -0.25) is 9.59 Å². The maximum atomic E-state index is 14.3. The van der Waals surface area contributed by atoms with Gasteiger partial charge < -0.3 is 14.4 Å². The average molecular weight is 952 g/mol. The van der Waals surface area contributed by atoms with Crippen molar-refractivity contribution in [3.63, 3.8) is 0 Å². The highest BCUT2D eigenvalue weighted by atomic mass is 32.2. The van der Waals surface area contributed by atoms with Crippen molar-refractivity contribution in [1.82, 2.24) is 9.21 Å². The van der Waals surface area contributed by atoms with Crippen LogP contribution in [0.2, 0.25) is 0 Å². The van der Waals surface area contributed by atoms with Gasteiger partial charge in [0.25, 0.3) is 0 Å². The Labute approximate surface area is 414 Å². The molecule has 7 nitrogen and oxygen atoms in total. The molecule has 1 aliphatic heterocycles. The van der Waals surface area contributed by atoms with E-state index in [2.05, 4.69) is 50.9 Å². The Morgan fingerprint density at radius 3 is 1.35 bits per heavy atom. The van der Waals surface area contributed by atoms with Crippen LogP contribution in [0.25, 0.3) is 0 Å². The van der Waals surface area contributed by atoms with E-state index in [0.29, 0.717) is 49.9 Å². The molecule has 8 heteroatoms. The fourth-order valence-corrected chi connectivity index (χ4v) is 11.8. The molecule has 0 aromatic rings. The molecule has 392 valence electrons. The van der Waals surface area contributed by atoms with Crippen LogP contribution in [0.4, 0.5) is 0 Å². The van der Waals surface area contributed by atoms with E-state index < -0.39 is 11.0 Å². The Morgan fingerprint density at radius 2 is 0.894 bits per heavy atom. The molecule has 0 aliphatic carbocycles. The minimum Gasteiger partial charge on any atom is -0.465 e. The monoisotopic (exact) mass is 951 g/mol. The van der Waals surface area contributed by atoms with Crippen molar-refractivity contribution in [3.8, 4) is 0 Å². The summed E-state index contributed by atoms with van der Waals surface area (Å²) in [5.74, 6) is 2.46. The van der Waals surface area contributed by atoms with Gasteiger partial charge in [-0.2, -0.15) is 0 Å². The summed E-state index contributed by atoms with van der Waals surface area (Å²) >= 11 is 0. The highest BCUT2D eigenvalue weighted by Crippen LogP contribution is 2.26. The number of hydrogen-bond donors (Lipinski definition) is 0. The van der Waals surface area contributed by atoms with Crippen molar-refractivity contribution in [2.75, 3.05) is 45.6 Å². The minimum absolute atomic E-state index is 0.000625. The van der Waals surface area contributed by atoms with Crippen LogP contribution in [0, 0.1) is 17.8 Å². The third-order valence-electron chi connectivity index (χ3n) is 14.7. The van der Waals surface area contributed by atoms with Gasteiger partial charge in [-0.15, -0.1) is 0 Å². The van der Waals surface area contributed by atoms with Gasteiger partial charge in [0.2, 0.25) is 0 Å². The molecular formula is C58H114N2O5S. The standard InChI is InChI=1S/C58H114N2O5S/c1-7-12-17-20-29-36-48-66(63)60(50-55-42-37-47-59(6)49-55)56(43-32-25-21-23-27-34-45-57(61)64-51-53(38-15-10-4)40-30-18-13-8-2)44-33-26-22-24-28-35-46-58(62)65-52-54(39-16-11-5)41-31-19-14-9-3/h53-56H,7-52H2,1-6H3. The number of piperidine rings is 1. The fourth-order valence-electron chi connectivity index (χ4n) is 10.2. The van der Waals surface area contributed by atoms with E-state index >= 15 is 0 Å². The molecule has 66 heavy (non-hydrogen) atoms. The lowest BCUT2D eigenvalue weighted by Crippen LogP contribution is -2.45. The second-order valence-electron chi connectivity index (χ2n) is 21.2. The van der Waals surface area contributed by atoms with Gasteiger partial charge in [-0.25, -0.2) is 8.51 Å². The molecule has 1 heterocycles. The van der Waals surface area contributed by atoms with Crippen molar-refractivity contribution in [2.45, 2.75) is 297 Å². The second kappa shape index (κ2) is 46.4. The van der Waals surface area contributed by atoms with Gasteiger partial charge in [0.05, 0.1) is 24.2 Å². The van der Waals surface area contributed by atoms with Crippen LogP contribution in [0.15, 0.2) is 0 Å². The van der Waals surface area contributed by atoms with Crippen LogP contribution < -0.4 is 0 Å². The SMILES string of the molecule is CCCCCCCCS(=O)N(CC1CCCN(C)C1)C(CCCCCCCCC(=O)OCC(CCCC)CCCCCC)CCCCCCCCC(=O)OCC(CCCC)CCCCCC. The Balaban J connectivity index is 2.66. The Bertz CT molecular complexity index is 1050. The van der Waals surface area contributed by atoms with Crippen LogP contribution in [0.1, 0.15) is 291 Å². The molecule has 1 aliphatic rings. The topological polar surface area (TPSA) is 76.2 Å². The van der Waals surface area contributed by atoms with Crippen molar-refractivity contribution < 1.29 is 23.3 Å². The zero-order valence-corrected chi connectivity index (χ0v) is 46.0. The lowest BCUT2D eigenvalue weighted by Gasteiger charge is -2.37. The van der Waals surface area contributed by atoms with Gasteiger partial charge >= 0.3 is 11.9 Å². The van der Waals surface area contributed by atoms with Crippen LogP contribution in [0.3, 0.4) is 0 Å². The van der Waals surface area contributed by atoms with E-state index in [1.165, 1.54) is 206 Å². The third-order valence-corrected chi connectivity index (χ3v) is 16.3. The number of unbranched alkanes of at least 4 members (excludes halogenated alkanes) is 23. The number of carbonyl (C=O) groups excluding carboxylic acids is 2. The molecule has 0 aromatic carbocycles. The predicted molar refractivity (Wildman–Crippen MR) is 286 cm³/mol. The summed E-state index contributed by atoms with van der Waals surface area (Å²) in [4.78, 5) is 27.8. The molecule has 0 bridgehead atoms. The van der Waals surface area contributed by atoms with E-state index in [-0.39, 0.29) is 11.9 Å². The van der Waals surface area contributed by atoms with Gasteiger partial charge in [-0.05, 0) is 102 Å². The molecular weight excluding hydrogens is 837 g/mol. The minimum atomic E-state index is -0.933. The van der Waals surface area contributed by atoms with E-state index in [0.717, 1.165) is 63.8 Å². The first-order valence-electron chi connectivity index (χ1n) is 29.4. The number of hydrogen-bond acceptors (Lipinski definition) is 6. The lowest BCUT2D eigenvalue weighted by atomic mass is 9.96. The largest absolute Gasteiger partial charge is 0.465 e. The molecule has 1 rings (SSSR count). The molecule has 4 atom stereocenters. The number of rotatable bonds is 49. The molecule has 4 unspecified atom stereocenters. The Hall–Kier alpha value is -0.990. The molecule has 1 fully saturated rings. The molecule has 0 N–H and O–H groups in total. The number of likely N-dealkylation sites (tertiary alicyclic amines) is 1. The molecule has 0 saturated carbocycles. The second-order valence-corrected chi connectivity index (χ2v) is 22.7. The summed E-state index contributed by atoms with van der Waals surface area (Å²) in [6, 6.07) is 0.378. The quantitative estimate of drug-likeness (QED) is 0.0447. The molecule has 0 spiro atoms. The van der Waals surface area contributed by atoms with E-state index in [1.54, 1.807) is 0 Å². The van der Waals surface area contributed by atoms with Crippen molar-refractivity contribution in [1.29, 1.82) is 0 Å². The zero-order valence-electron chi connectivity index (χ0n) is 45.2. The van der Waals surface area contributed by atoms with Crippen LogP contribution in [-0.2, 0) is 30.0 Å². The molecule has 0 radical (unpaired) electrons. The Kier molecular flexibility index (Phi) is 44.3. The zero-order chi connectivity index (χ0) is 48.1. The van der Waals surface area contributed by atoms with Gasteiger partial charge in [0.15, 0.2) is 0 Å². The van der Waals surface area contributed by atoms with E-state index in [9.17, 15) is 13.8 Å². The lowest BCUT2D eigenvalue weighted by molar-refractivity contribution is -0.146. The van der Waals surface area contributed by atoms with E-state index in [1.807, 2.05) is 0 Å². The third kappa shape index (κ3) is 36.9. The summed E-state index contributed by atoms with van der Waals surface area (Å²) in [5, 5.41) is 0. The number of esters is 2. The number of ether oxygens (including phenoxy) is 2. The summed E-state index contributed by atoms with van der Waals surface area (Å²) in [6.07, 6.45) is 46.8.